The zero-order valence-corrected chi connectivity index (χ0v) is 47.1. The lowest BCUT2D eigenvalue weighted by molar-refractivity contribution is 0.590. The molecule has 4 aromatic heterocycles. The van der Waals surface area contributed by atoms with Crippen molar-refractivity contribution in [2.24, 2.45) is 0 Å². The average Bonchev–Trinajstić information content (AvgIpc) is 0.936. The van der Waals surface area contributed by atoms with Crippen molar-refractivity contribution in [1.29, 1.82) is 0 Å². The lowest BCUT2D eigenvalue weighted by Crippen LogP contribution is -2.60. The van der Waals surface area contributed by atoms with E-state index in [9.17, 15) is 21.9 Å². The third kappa shape index (κ3) is 6.77. The molecule has 88 heavy (non-hydrogen) atoms. The summed E-state index contributed by atoms with van der Waals surface area (Å²) in [5, 5.41) is 2.78. The van der Waals surface area contributed by atoms with E-state index in [1.807, 2.05) is 135 Å². The van der Waals surface area contributed by atoms with Gasteiger partial charge in [0.05, 0.1) is 74.6 Å². The first kappa shape index (κ1) is 32.4. The largest absolute Gasteiger partial charge is 0.454 e. The molecule has 17 aromatic rings. The van der Waals surface area contributed by atoms with Gasteiger partial charge in [0.15, 0.2) is 5.58 Å². The summed E-state index contributed by atoms with van der Waals surface area (Å²) in [6.45, 7) is 3.95. The molecule has 0 saturated heterocycles. The molecule has 0 bridgehead atoms. The Kier molecular flexibility index (Phi) is 6.72. The number of para-hydroxylation sites is 7. The first-order chi connectivity index (χ1) is 52.5. The van der Waals surface area contributed by atoms with Crippen molar-refractivity contribution in [3.05, 3.63) is 284 Å². The molecular weight excluding hydrogens is 1070 g/mol. The van der Waals surface area contributed by atoms with Gasteiger partial charge in [-0.1, -0.05) is 233 Å². The summed E-state index contributed by atoms with van der Waals surface area (Å²) in [6, 6.07) is 30.2. The lowest BCUT2D eigenvalue weighted by atomic mass is 9.33. The van der Waals surface area contributed by atoms with Gasteiger partial charge < -0.3 is 23.0 Å². The Balaban J connectivity index is 1.15. The monoisotopic (exact) mass is 1140 g/mol. The molecule has 0 fully saturated rings. The number of aromatic nitrogens is 3. The fraction of sp³-hybridized carbons (Fsp3) is 0.0488. The fourth-order valence-corrected chi connectivity index (χ4v) is 13.9. The Morgan fingerprint density at radius 3 is 1.59 bits per heavy atom. The standard InChI is InChI=1S/C82H55BN4O/c1-82(2,3)51-47-74-78-75(48-51)87-79-53(50-23-5-4-6-24-50)34-21-35-63(79)56-27-8-7-25-54(56)55-26-9-10-33-62(55)77-71(85-69-39-18-13-30-59(69)60-31-14-19-40-70(60)85)46-45-66(80(77)87)83(78)65-44-43-52(84-67-37-16-11-28-57(67)58-29-12-17-38-68(58)84)49-73(65)86(74)72-41-22-36-64-61-32-15-20-42-76(61)88-81(64)72/h4-49H,1-3H3/i11D,12D,13D,14D,16D,17D,18D,19D,28D,29D,30D,31D,37D,38D,39D,40D,43D,44D,45D,46D,47D,48D. The molecule has 6 heteroatoms. The molecule has 0 saturated carbocycles. The van der Waals surface area contributed by atoms with Gasteiger partial charge in [0.25, 0.3) is 6.71 Å². The predicted molar refractivity (Wildman–Crippen MR) is 373 cm³/mol. The van der Waals surface area contributed by atoms with Crippen molar-refractivity contribution in [2.75, 3.05) is 4.90 Å². The highest BCUT2D eigenvalue weighted by atomic mass is 16.3. The van der Waals surface area contributed by atoms with Crippen LogP contribution in [0.2, 0.25) is 0 Å². The van der Waals surface area contributed by atoms with E-state index in [1.54, 1.807) is 35.2 Å². The Labute approximate surface area is 539 Å². The Morgan fingerprint density at radius 1 is 0.386 bits per heavy atom. The van der Waals surface area contributed by atoms with Crippen molar-refractivity contribution < 1.29 is 34.6 Å². The van der Waals surface area contributed by atoms with E-state index in [1.165, 1.54) is 10.6 Å². The van der Waals surface area contributed by atoms with Crippen LogP contribution in [0, 0.1) is 0 Å². The van der Waals surface area contributed by atoms with E-state index in [0.29, 0.717) is 59.9 Å². The Bertz CT molecular complexity index is 7170. The van der Waals surface area contributed by atoms with E-state index in [2.05, 4.69) is 0 Å². The van der Waals surface area contributed by atoms with Crippen LogP contribution >= 0.6 is 0 Å². The maximum absolute atomic E-state index is 11.5. The van der Waals surface area contributed by atoms with Crippen LogP contribution in [-0.2, 0) is 5.41 Å². The first-order valence-corrected chi connectivity index (χ1v) is 28.9. The van der Waals surface area contributed by atoms with Crippen LogP contribution in [0.5, 0.6) is 0 Å². The molecule has 0 aliphatic carbocycles. The van der Waals surface area contributed by atoms with Gasteiger partial charge in [-0.3, -0.25) is 0 Å². The molecule has 13 aromatic carbocycles. The second kappa shape index (κ2) is 18.2. The predicted octanol–water partition coefficient (Wildman–Crippen LogP) is 19.9. The third-order valence-corrected chi connectivity index (χ3v) is 17.6. The van der Waals surface area contributed by atoms with Gasteiger partial charge in [0.1, 0.15) is 5.58 Å². The number of benzene rings is 13. The molecule has 19 rings (SSSR count). The number of rotatable bonds is 4. The van der Waals surface area contributed by atoms with E-state index in [0.717, 1.165) is 4.57 Å². The highest BCUT2D eigenvalue weighted by Gasteiger charge is 2.44. The highest BCUT2D eigenvalue weighted by Crippen LogP contribution is 2.49. The van der Waals surface area contributed by atoms with Crippen LogP contribution in [0.3, 0.4) is 0 Å². The molecule has 0 amide bonds. The number of nitrogens with zero attached hydrogens (tertiary/aromatic N) is 4. The maximum Gasteiger partial charge on any atom is 0.252 e. The average molecular weight is 1150 g/mol. The second-order valence-corrected chi connectivity index (χ2v) is 23.4. The van der Waals surface area contributed by atoms with Crippen molar-refractivity contribution >= 4 is 149 Å². The highest BCUT2D eigenvalue weighted by molar-refractivity contribution is 7.00. The summed E-state index contributed by atoms with van der Waals surface area (Å²) >= 11 is 0. The van der Waals surface area contributed by atoms with E-state index >= 15 is 0 Å². The molecule has 2 aliphatic heterocycles. The normalized spacial score (nSPS) is 16.4. The summed E-state index contributed by atoms with van der Waals surface area (Å²) in [4.78, 5) is 1.71. The molecule has 5 nitrogen and oxygen atoms in total. The van der Waals surface area contributed by atoms with Gasteiger partial charge >= 0.3 is 0 Å². The van der Waals surface area contributed by atoms with Gasteiger partial charge in [-0.25, -0.2) is 0 Å². The van der Waals surface area contributed by atoms with E-state index in [-0.39, 0.29) is 128 Å². The van der Waals surface area contributed by atoms with Crippen LogP contribution in [0.25, 0.3) is 137 Å². The number of hydrogen-bond acceptors (Lipinski definition) is 2. The third-order valence-electron chi connectivity index (χ3n) is 17.6. The molecule has 0 spiro atoms. The molecule has 0 radical (unpaired) electrons. The molecule has 0 unspecified atom stereocenters. The minimum atomic E-state index is -1.65. The quantitative estimate of drug-likeness (QED) is 0.164. The smallest absolute Gasteiger partial charge is 0.252 e. The van der Waals surface area contributed by atoms with Gasteiger partial charge in [0, 0.05) is 71.4 Å². The van der Waals surface area contributed by atoms with Crippen LogP contribution < -0.4 is 21.3 Å². The number of fused-ring (bicyclic) bond motifs is 20. The maximum atomic E-state index is 11.5. The summed E-state index contributed by atoms with van der Waals surface area (Å²) in [7, 11) is 0. The topological polar surface area (TPSA) is 31.2 Å². The van der Waals surface area contributed by atoms with E-state index < -0.39 is 133 Å². The van der Waals surface area contributed by atoms with Gasteiger partial charge in [-0.05, 0) is 121 Å². The minimum Gasteiger partial charge on any atom is -0.454 e. The van der Waals surface area contributed by atoms with Crippen LogP contribution in [0.4, 0.5) is 17.1 Å². The summed E-state index contributed by atoms with van der Waals surface area (Å²) in [5.74, 6) is 0. The molecule has 412 valence electrons. The van der Waals surface area contributed by atoms with Crippen molar-refractivity contribution in [2.45, 2.75) is 26.2 Å². The van der Waals surface area contributed by atoms with Crippen molar-refractivity contribution in [3.63, 3.8) is 0 Å². The van der Waals surface area contributed by atoms with Crippen LogP contribution in [-0.4, -0.2) is 20.4 Å². The first-order valence-electron chi connectivity index (χ1n) is 39.9. The SMILES string of the molecule is [2H]c1c(-n2c3c([2H])c([2H])c([2H])c([2H])c3c3c([2H])c([2H])c([2H])c([2H])c32)cc2c(c1[2H])B1c3c(c([2H])c(C(C)(C)C)c([2H])c3-n3c4c(-c5ccccc5)cccc4c4ccccc4c4ccccc4c4c(-n5c6c([2H])c([2H])c([2H])c([2H])c6c6c([2H])c([2H])c([2H])c([2H])c65)c([2H])c([2H])c1c43)N2c1cccc2c1oc1ccccc12. The van der Waals surface area contributed by atoms with Crippen LogP contribution in [0.15, 0.2) is 283 Å². The number of furan rings is 1. The molecular formula is C82H55BN4O. The van der Waals surface area contributed by atoms with Crippen molar-refractivity contribution in [1.82, 2.24) is 13.7 Å². The zero-order valence-electron chi connectivity index (χ0n) is 69.1. The van der Waals surface area contributed by atoms with Crippen LogP contribution in [0.1, 0.15) is 56.5 Å². The second-order valence-electron chi connectivity index (χ2n) is 23.4. The Morgan fingerprint density at radius 2 is 0.920 bits per heavy atom. The fourth-order valence-electron chi connectivity index (χ4n) is 13.9. The summed E-state index contributed by atoms with van der Waals surface area (Å²) < 4.78 is 230. The molecule has 6 heterocycles. The molecule has 0 N–H and O–H groups in total. The zero-order chi connectivity index (χ0) is 77.2. The lowest BCUT2D eigenvalue weighted by Gasteiger charge is -2.42. The van der Waals surface area contributed by atoms with Gasteiger partial charge in [0.2, 0.25) is 0 Å². The summed E-state index contributed by atoms with van der Waals surface area (Å²) in [5.41, 5.74) is -0.325. The number of anilines is 3. The number of hydrogen-bond donors (Lipinski definition) is 0. The molecule has 0 atom stereocenters. The van der Waals surface area contributed by atoms with Gasteiger partial charge in [-0.2, -0.15) is 0 Å². The van der Waals surface area contributed by atoms with E-state index in [4.69, 9.17) is 12.6 Å². The summed E-state index contributed by atoms with van der Waals surface area (Å²) in [6.07, 6.45) is 0. The minimum absolute atomic E-state index is 0.0204. The Hall–Kier alpha value is -11.1. The van der Waals surface area contributed by atoms with Crippen molar-refractivity contribution in [3.8, 4) is 28.2 Å². The van der Waals surface area contributed by atoms with Gasteiger partial charge in [-0.15, -0.1) is 0 Å². The molecule has 2 aliphatic rings.